The van der Waals surface area contributed by atoms with Crippen molar-refractivity contribution in [3.63, 3.8) is 0 Å². The van der Waals surface area contributed by atoms with E-state index in [1.54, 1.807) is 11.3 Å². The van der Waals surface area contributed by atoms with E-state index in [1.807, 2.05) is 35.0 Å². The number of hydrogen-bond acceptors (Lipinski definition) is 5. The number of rotatable bonds is 6. The van der Waals surface area contributed by atoms with Crippen LogP contribution in [0, 0.1) is 0 Å². The summed E-state index contributed by atoms with van der Waals surface area (Å²) in [7, 11) is 0. The predicted molar refractivity (Wildman–Crippen MR) is 93.6 cm³/mol. The first-order valence-electron chi connectivity index (χ1n) is 6.71. The zero-order valence-corrected chi connectivity index (χ0v) is 14.3. The molecule has 0 unspecified atom stereocenters. The molecule has 7 heteroatoms. The number of carboxylic acid groups (broad SMARTS) is 2. The molecule has 3 aromatic heterocycles. The van der Waals surface area contributed by atoms with Crippen LogP contribution in [0.3, 0.4) is 0 Å². The van der Waals surface area contributed by atoms with Crippen molar-refractivity contribution in [2.75, 3.05) is 0 Å². The molecular formula is C16H12O4S3. The van der Waals surface area contributed by atoms with E-state index in [4.69, 9.17) is 10.2 Å². The zero-order valence-electron chi connectivity index (χ0n) is 11.8. The maximum atomic E-state index is 10.9. The molecule has 0 bridgehead atoms. The smallest absolute Gasteiger partial charge is 0.307 e. The molecule has 0 spiro atoms. The first-order chi connectivity index (χ1) is 11.0. The highest BCUT2D eigenvalue weighted by Gasteiger charge is 2.16. The minimum Gasteiger partial charge on any atom is -0.481 e. The summed E-state index contributed by atoms with van der Waals surface area (Å²) < 4.78 is 0. The van der Waals surface area contributed by atoms with E-state index in [2.05, 4.69) is 0 Å². The van der Waals surface area contributed by atoms with Gasteiger partial charge in [0.2, 0.25) is 0 Å². The molecule has 0 saturated heterocycles. The van der Waals surface area contributed by atoms with Crippen molar-refractivity contribution in [2.24, 2.45) is 0 Å². The number of carbonyl (C=O) groups is 2. The first-order valence-corrected chi connectivity index (χ1v) is 9.29. The van der Waals surface area contributed by atoms with Gasteiger partial charge < -0.3 is 10.2 Å². The van der Waals surface area contributed by atoms with E-state index in [1.165, 1.54) is 22.7 Å². The summed E-state index contributed by atoms with van der Waals surface area (Å²) in [4.78, 5) is 25.9. The summed E-state index contributed by atoms with van der Waals surface area (Å²) >= 11 is 4.62. The summed E-state index contributed by atoms with van der Waals surface area (Å²) in [6.07, 6.45) is 0.0185. The number of aliphatic carboxylic acids is 2. The summed E-state index contributed by atoms with van der Waals surface area (Å²) in [6, 6.07) is 7.63. The second kappa shape index (κ2) is 6.66. The molecule has 3 aromatic rings. The van der Waals surface area contributed by atoms with Gasteiger partial charge >= 0.3 is 11.9 Å². The van der Waals surface area contributed by atoms with Crippen LogP contribution in [0.25, 0.3) is 19.5 Å². The largest absolute Gasteiger partial charge is 0.481 e. The Hall–Kier alpha value is -1.96. The molecule has 0 aliphatic heterocycles. The highest BCUT2D eigenvalue weighted by Crippen LogP contribution is 2.41. The van der Waals surface area contributed by atoms with E-state index < -0.39 is 11.9 Å². The Morgan fingerprint density at radius 3 is 1.61 bits per heavy atom. The van der Waals surface area contributed by atoms with Crippen LogP contribution in [-0.2, 0) is 22.4 Å². The highest BCUT2D eigenvalue weighted by molar-refractivity contribution is 7.26. The lowest BCUT2D eigenvalue weighted by atomic mass is 10.1. The Balaban J connectivity index is 1.93. The quantitative estimate of drug-likeness (QED) is 0.677. The van der Waals surface area contributed by atoms with Gasteiger partial charge in [-0.05, 0) is 46.2 Å². The molecule has 0 aromatic carbocycles. The van der Waals surface area contributed by atoms with Crippen LogP contribution in [0.2, 0.25) is 0 Å². The molecule has 0 aliphatic rings. The van der Waals surface area contributed by atoms with Crippen molar-refractivity contribution >= 4 is 45.9 Å². The molecular weight excluding hydrogens is 352 g/mol. The number of thiophene rings is 3. The van der Waals surface area contributed by atoms with Crippen molar-refractivity contribution in [1.29, 1.82) is 0 Å². The monoisotopic (exact) mass is 364 g/mol. The van der Waals surface area contributed by atoms with Crippen LogP contribution in [-0.4, -0.2) is 22.2 Å². The van der Waals surface area contributed by atoms with Gasteiger partial charge in [-0.3, -0.25) is 9.59 Å². The lowest BCUT2D eigenvalue weighted by Crippen LogP contribution is -1.99. The summed E-state index contributed by atoms with van der Waals surface area (Å²) in [5.74, 6) is -1.69. The third-order valence-electron chi connectivity index (χ3n) is 3.23. The van der Waals surface area contributed by atoms with E-state index >= 15 is 0 Å². The molecule has 3 heterocycles. The normalized spacial score (nSPS) is 10.8. The molecule has 0 amide bonds. The van der Waals surface area contributed by atoms with Gasteiger partial charge in [0.1, 0.15) is 0 Å². The van der Waals surface area contributed by atoms with Crippen molar-refractivity contribution in [3.05, 3.63) is 46.2 Å². The van der Waals surface area contributed by atoms with Gasteiger partial charge in [0.25, 0.3) is 0 Å². The molecule has 0 aliphatic carbocycles. The Morgan fingerprint density at radius 2 is 1.22 bits per heavy atom. The topological polar surface area (TPSA) is 74.6 Å². The Morgan fingerprint density at radius 1 is 0.783 bits per heavy atom. The van der Waals surface area contributed by atoms with Gasteiger partial charge in [0.15, 0.2) is 0 Å². The third kappa shape index (κ3) is 3.52. The fraction of sp³-hybridized carbons (Fsp3) is 0.125. The van der Waals surface area contributed by atoms with Crippen molar-refractivity contribution in [2.45, 2.75) is 12.8 Å². The molecule has 4 nitrogen and oxygen atoms in total. The van der Waals surface area contributed by atoms with Crippen LogP contribution in [0.15, 0.2) is 35.0 Å². The summed E-state index contributed by atoms with van der Waals surface area (Å²) in [5.41, 5.74) is 1.63. The van der Waals surface area contributed by atoms with Crippen LogP contribution in [0.1, 0.15) is 11.1 Å². The fourth-order valence-electron chi connectivity index (χ4n) is 2.29. The average molecular weight is 364 g/mol. The standard InChI is InChI=1S/C16H12O4S3/c17-13(18)7-9-3-5-21-15(9)11-1-2-12(23-11)16-10(4-6-22-16)8-14(19)20/h1-6H,7-8H2,(H,17,18)(H,19,20). The molecule has 0 atom stereocenters. The molecule has 2 N–H and O–H groups in total. The lowest BCUT2D eigenvalue weighted by molar-refractivity contribution is -0.137. The summed E-state index contributed by atoms with van der Waals surface area (Å²) in [5, 5.41) is 21.8. The first kappa shape index (κ1) is 15.9. The number of carboxylic acids is 2. The van der Waals surface area contributed by atoms with Gasteiger partial charge in [-0.2, -0.15) is 0 Å². The second-order valence-electron chi connectivity index (χ2n) is 4.85. The Kier molecular flexibility index (Phi) is 4.61. The second-order valence-corrected chi connectivity index (χ2v) is 7.77. The van der Waals surface area contributed by atoms with Crippen LogP contribution >= 0.6 is 34.0 Å². The Bertz CT molecular complexity index is 787. The van der Waals surface area contributed by atoms with Crippen LogP contribution in [0.5, 0.6) is 0 Å². The van der Waals surface area contributed by atoms with Crippen molar-refractivity contribution < 1.29 is 19.8 Å². The van der Waals surface area contributed by atoms with Gasteiger partial charge in [0.05, 0.1) is 12.8 Å². The third-order valence-corrected chi connectivity index (χ3v) is 6.59. The van der Waals surface area contributed by atoms with Crippen molar-refractivity contribution in [1.82, 2.24) is 0 Å². The van der Waals surface area contributed by atoms with Crippen LogP contribution in [0.4, 0.5) is 0 Å². The predicted octanol–water partition coefficient (Wildman–Crippen LogP) is 4.46. The highest BCUT2D eigenvalue weighted by atomic mass is 32.1. The summed E-state index contributed by atoms with van der Waals surface area (Å²) in [6.45, 7) is 0. The molecule has 3 rings (SSSR count). The van der Waals surface area contributed by atoms with Gasteiger partial charge in [-0.25, -0.2) is 0 Å². The zero-order chi connectivity index (χ0) is 16.4. The minimum atomic E-state index is -0.844. The van der Waals surface area contributed by atoms with E-state index in [0.717, 1.165) is 30.6 Å². The number of hydrogen-bond donors (Lipinski definition) is 2. The molecule has 0 fully saturated rings. The van der Waals surface area contributed by atoms with Gasteiger partial charge in [-0.1, -0.05) is 0 Å². The molecule has 0 radical (unpaired) electrons. The SMILES string of the molecule is O=C(O)Cc1ccsc1-c1ccc(-c2sccc2CC(=O)O)s1. The average Bonchev–Trinajstić information content (AvgIpc) is 3.16. The van der Waals surface area contributed by atoms with Crippen LogP contribution < -0.4 is 0 Å². The molecule has 0 saturated carbocycles. The van der Waals surface area contributed by atoms with Gasteiger partial charge in [0, 0.05) is 19.5 Å². The minimum absolute atomic E-state index is 0.00926. The lowest BCUT2D eigenvalue weighted by Gasteiger charge is -1.99. The van der Waals surface area contributed by atoms with Gasteiger partial charge in [-0.15, -0.1) is 34.0 Å². The molecule has 23 heavy (non-hydrogen) atoms. The van der Waals surface area contributed by atoms with E-state index in [-0.39, 0.29) is 12.8 Å². The van der Waals surface area contributed by atoms with E-state index in [9.17, 15) is 9.59 Å². The maximum Gasteiger partial charge on any atom is 0.307 e. The Labute approximate surface area is 144 Å². The fourth-order valence-corrected chi connectivity index (χ4v) is 5.47. The maximum absolute atomic E-state index is 10.9. The molecule has 118 valence electrons. The van der Waals surface area contributed by atoms with E-state index in [0.29, 0.717) is 0 Å². The van der Waals surface area contributed by atoms with Crippen molar-refractivity contribution in [3.8, 4) is 19.5 Å².